The summed E-state index contributed by atoms with van der Waals surface area (Å²) >= 11 is 0. The number of hydrogen-bond acceptors (Lipinski definition) is 2. The molecule has 1 aliphatic heterocycles. The summed E-state index contributed by atoms with van der Waals surface area (Å²) in [4.78, 5) is 14.5. The average Bonchev–Trinajstić information content (AvgIpc) is 2.62. The van der Waals surface area contributed by atoms with E-state index in [0.29, 0.717) is 25.3 Å². The zero-order valence-corrected chi connectivity index (χ0v) is 13.2. The first-order chi connectivity index (χ1) is 11.6. The van der Waals surface area contributed by atoms with Crippen molar-refractivity contribution in [2.24, 2.45) is 0 Å². The van der Waals surface area contributed by atoms with Gasteiger partial charge in [0.2, 0.25) is 5.91 Å². The predicted octanol–water partition coefficient (Wildman–Crippen LogP) is 3.77. The molecule has 2 aromatic carbocycles. The number of amides is 1. The maximum atomic E-state index is 12.8. The first kappa shape index (κ1) is 16.6. The van der Waals surface area contributed by atoms with Crippen molar-refractivity contribution in [3.63, 3.8) is 0 Å². The fraction of sp³-hybridized carbons (Fsp3) is 0.316. The number of ether oxygens (including phenoxy) is 1. The molecule has 1 amide bonds. The van der Waals surface area contributed by atoms with Crippen LogP contribution in [0.2, 0.25) is 0 Å². The highest BCUT2D eigenvalue weighted by atomic mass is 19.3. The summed E-state index contributed by atoms with van der Waals surface area (Å²) in [5.41, 5.74) is 1.57. The van der Waals surface area contributed by atoms with Crippen LogP contribution in [0.5, 0.6) is 0 Å². The average molecular weight is 331 g/mol. The molecule has 1 saturated heterocycles. The zero-order valence-electron chi connectivity index (χ0n) is 13.2. The van der Waals surface area contributed by atoms with Crippen molar-refractivity contribution < 1.29 is 18.3 Å². The lowest BCUT2D eigenvalue weighted by molar-refractivity contribution is -0.139. The Morgan fingerprint density at radius 2 is 1.96 bits per heavy atom. The van der Waals surface area contributed by atoms with Gasteiger partial charge in [-0.15, -0.1) is 0 Å². The Morgan fingerprint density at radius 1 is 1.17 bits per heavy atom. The van der Waals surface area contributed by atoms with E-state index >= 15 is 0 Å². The minimum atomic E-state index is -2.53. The molecule has 3 nitrogen and oxygen atoms in total. The van der Waals surface area contributed by atoms with E-state index in [9.17, 15) is 13.6 Å². The van der Waals surface area contributed by atoms with Crippen LogP contribution in [0.15, 0.2) is 54.6 Å². The van der Waals surface area contributed by atoms with Crippen molar-refractivity contribution in [1.29, 1.82) is 0 Å². The number of alkyl halides is 2. The van der Waals surface area contributed by atoms with E-state index in [4.69, 9.17) is 4.74 Å². The molecule has 0 radical (unpaired) electrons. The lowest BCUT2D eigenvalue weighted by Gasteiger charge is -2.36. The highest BCUT2D eigenvalue weighted by molar-refractivity contribution is 5.79. The fourth-order valence-corrected chi connectivity index (χ4v) is 2.97. The Kier molecular flexibility index (Phi) is 5.20. The molecule has 0 aromatic heterocycles. The van der Waals surface area contributed by atoms with Crippen molar-refractivity contribution in [2.45, 2.75) is 18.9 Å². The summed E-state index contributed by atoms with van der Waals surface area (Å²) < 4.78 is 31.1. The van der Waals surface area contributed by atoms with Gasteiger partial charge >= 0.3 is 0 Å². The second-order valence-electron chi connectivity index (χ2n) is 5.81. The van der Waals surface area contributed by atoms with Crippen LogP contribution in [0, 0.1) is 0 Å². The van der Waals surface area contributed by atoms with Crippen molar-refractivity contribution in [3.05, 3.63) is 71.3 Å². The van der Waals surface area contributed by atoms with Gasteiger partial charge in [0.25, 0.3) is 6.43 Å². The third kappa shape index (κ3) is 3.79. The molecule has 0 N–H and O–H groups in total. The second kappa shape index (κ2) is 7.53. The molecule has 0 spiro atoms. The second-order valence-corrected chi connectivity index (χ2v) is 5.81. The van der Waals surface area contributed by atoms with Crippen LogP contribution in [0.4, 0.5) is 8.78 Å². The van der Waals surface area contributed by atoms with Crippen LogP contribution in [0.1, 0.15) is 29.2 Å². The SMILES string of the molecule is O=C(Cc1cccc(C(F)F)c1)N1CCOC[C@@H]1c1ccccc1. The highest BCUT2D eigenvalue weighted by Gasteiger charge is 2.28. The number of hydrogen-bond donors (Lipinski definition) is 0. The van der Waals surface area contributed by atoms with Gasteiger partial charge in [-0.2, -0.15) is 0 Å². The summed E-state index contributed by atoms with van der Waals surface area (Å²) in [6, 6.07) is 15.6. The largest absolute Gasteiger partial charge is 0.377 e. The fourth-order valence-electron chi connectivity index (χ4n) is 2.97. The molecule has 0 aliphatic carbocycles. The summed E-state index contributed by atoms with van der Waals surface area (Å²) in [6.07, 6.45) is -2.41. The van der Waals surface area contributed by atoms with Gasteiger partial charge in [0.15, 0.2) is 0 Å². The van der Waals surface area contributed by atoms with Gasteiger partial charge in [-0.1, -0.05) is 48.5 Å². The van der Waals surface area contributed by atoms with Gasteiger partial charge in [0.1, 0.15) is 0 Å². The molecule has 3 rings (SSSR count). The number of benzene rings is 2. The van der Waals surface area contributed by atoms with Crippen molar-refractivity contribution >= 4 is 5.91 Å². The molecule has 24 heavy (non-hydrogen) atoms. The third-order valence-electron chi connectivity index (χ3n) is 4.19. The molecular weight excluding hydrogens is 312 g/mol. The smallest absolute Gasteiger partial charge is 0.263 e. The maximum absolute atomic E-state index is 12.8. The van der Waals surface area contributed by atoms with Crippen LogP contribution in [0.3, 0.4) is 0 Å². The Hall–Kier alpha value is -2.27. The van der Waals surface area contributed by atoms with Gasteiger partial charge in [0.05, 0.1) is 25.7 Å². The molecular formula is C19H19F2NO2. The van der Waals surface area contributed by atoms with Gasteiger partial charge in [-0.05, 0) is 17.2 Å². The Bertz CT molecular complexity index is 691. The van der Waals surface area contributed by atoms with E-state index in [1.54, 1.807) is 17.0 Å². The maximum Gasteiger partial charge on any atom is 0.263 e. The number of rotatable bonds is 4. The Morgan fingerprint density at radius 3 is 2.71 bits per heavy atom. The van der Waals surface area contributed by atoms with E-state index < -0.39 is 6.43 Å². The van der Waals surface area contributed by atoms with Crippen molar-refractivity contribution in [1.82, 2.24) is 4.90 Å². The number of carbonyl (C=O) groups excluding carboxylic acids is 1. The Balaban J connectivity index is 1.76. The van der Waals surface area contributed by atoms with Crippen LogP contribution in [-0.4, -0.2) is 30.6 Å². The van der Waals surface area contributed by atoms with Crippen molar-refractivity contribution in [3.8, 4) is 0 Å². The molecule has 1 heterocycles. The molecule has 1 aliphatic rings. The topological polar surface area (TPSA) is 29.5 Å². The minimum Gasteiger partial charge on any atom is -0.377 e. The van der Waals surface area contributed by atoms with E-state index in [1.807, 2.05) is 30.3 Å². The number of carbonyl (C=O) groups is 1. The van der Waals surface area contributed by atoms with E-state index in [-0.39, 0.29) is 23.9 Å². The highest BCUT2D eigenvalue weighted by Crippen LogP contribution is 2.25. The summed E-state index contributed by atoms with van der Waals surface area (Å²) in [5.74, 6) is -0.0708. The number of morpholine rings is 1. The standard InChI is InChI=1S/C19H19F2NO2/c20-19(21)16-8-4-5-14(11-16)12-18(23)22-9-10-24-13-17(22)15-6-2-1-3-7-15/h1-8,11,17,19H,9-10,12-13H2/t17-/m1/s1. The minimum absolute atomic E-state index is 0.0538. The first-order valence-electron chi connectivity index (χ1n) is 7.94. The van der Waals surface area contributed by atoms with Crippen LogP contribution in [0.25, 0.3) is 0 Å². The first-order valence-corrected chi connectivity index (χ1v) is 7.94. The number of halogens is 2. The van der Waals surface area contributed by atoms with Gasteiger partial charge in [0, 0.05) is 12.1 Å². The molecule has 0 saturated carbocycles. The predicted molar refractivity (Wildman–Crippen MR) is 86.8 cm³/mol. The Labute approximate surface area is 139 Å². The molecule has 2 aromatic rings. The van der Waals surface area contributed by atoms with Gasteiger partial charge < -0.3 is 9.64 Å². The van der Waals surface area contributed by atoms with Crippen LogP contribution >= 0.6 is 0 Å². The summed E-state index contributed by atoms with van der Waals surface area (Å²) in [6.45, 7) is 1.45. The lowest BCUT2D eigenvalue weighted by Crippen LogP contribution is -2.44. The molecule has 5 heteroatoms. The van der Waals surface area contributed by atoms with Gasteiger partial charge in [-0.3, -0.25) is 4.79 Å². The summed E-state index contributed by atoms with van der Waals surface area (Å²) in [5, 5.41) is 0. The van der Waals surface area contributed by atoms with Crippen LogP contribution in [-0.2, 0) is 16.0 Å². The quantitative estimate of drug-likeness (QED) is 0.853. The third-order valence-corrected chi connectivity index (χ3v) is 4.19. The van der Waals surface area contributed by atoms with E-state index in [0.717, 1.165) is 5.56 Å². The molecule has 0 unspecified atom stereocenters. The van der Waals surface area contributed by atoms with E-state index in [1.165, 1.54) is 12.1 Å². The lowest BCUT2D eigenvalue weighted by atomic mass is 10.0. The summed E-state index contributed by atoms with van der Waals surface area (Å²) in [7, 11) is 0. The molecule has 126 valence electrons. The molecule has 0 bridgehead atoms. The normalized spacial score (nSPS) is 18.0. The molecule has 1 atom stereocenters. The van der Waals surface area contributed by atoms with Crippen LogP contribution < -0.4 is 0 Å². The van der Waals surface area contributed by atoms with Crippen molar-refractivity contribution in [2.75, 3.05) is 19.8 Å². The van der Waals surface area contributed by atoms with E-state index in [2.05, 4.69) is 0 Å². The zero-order chi connectivity index (χ0) is 16.9. The molecule has 1 fully saturated rings. The van der Waals surface area contributed by atoms with Gasteiger partial charge in [-0.25, -0.2) is 8.78 Å². The number of nitrogens with zero attached hydrogens (tertiary/aromatic N) is 1. The monoisotopic (exact) mass is 331 g/mol.